The molecule has 3 heterocycles. The van der Waals surface area contributed by atoms with Gasteiger partial charge in [-0.3, -0.25) is 4.90 Å². The standard InChI is InChI=1S/C16H22N4OS/c1-21-16-12(4-3-7-17-16)10-20-8-5-13-15(19-11-18-13)14(20)6-9-22-2/h3-4,7,11,14H,5-6,8-10H2,1-2H3,(H,18,19)/t14-/m0/s1. The molecule has 118 valence electrons. The third-order valence-corrected chi connectivity index (χ3v) is 4.81. The van der Waals surface area contributed by atoms with Crippen LogP contribution in [-0.2, 0) is 13.0 Å². The van der Waals surface area contributed by atoms with Gasteiger partial charge in [-0.15, -0.1) is 0 Å². The molecule has 22 heavy (non-hydrogen) atoms. The lowest BCUT2D eigenvalue weighted by Crippen LogP contribution is -2.35. The van der Waals surface area contributed by atoms with Crippen LogP contribution in [0.1, 0.15) is 29.4 Å². The fraction of sp³-hybridized carbons (Fsp3) is 0.500. The zero-order valence-corrected chi connectivity index (χ0v) is 13.9. The van der Waals surface area contributed by atoms with E-state index in [-0.39, 0.29) is 0 Å². The van der Waals surface area contributed by atoms with Gasteiger partial charge in [0.25, 0.3) is 0 Å². The monoisotopic (exact) mass is 318 g/mol. The molecule has 0 fully saturated rings. The first-order valence-electron chi connectivity index (χ1n) is 7.56. The molecule has 2 aromatic rings. The van der Waals surface area contributed by atoms with Crippen LogP contribution in [-0.4, -0.2) is 45.5 Å². The summed E-state index contributed by atoms with van der Waals surface area (Å²) in [5.74, 6) is 1.86. The lowest BCUT2D eigenvalue weighted by Gasteiger charge is -2.35. The number of nitrogens with one attached hydrogen (secondary N) is 1. The van der Waals surface area contributed by atoms with E-state index in [2.05, 4.69) is 32.2 Å². The van der Waals surface area contributed by atoms with Crippen molar-refractivity contribution in [1.82, 2.24) is 19.9 Å². The summed E-state index contributed by atoms with van der Waals surface area (Å²) >= 11 is 1.89. The highest BCUT2D eigenvalue weighted by molar-refractivity contribution is 7.98. The van der Waals surface area contributed by atoms with Crippen LogP contribution in [0.5, 0.6) is 5.88 Å². The van der Waals surface area contributed by atoms with Gasteiger partial charge in [0.1, 0.15) is 0 Å². The quantitative estimate of drug-likeness (QED) is 0.887. The van der Waals surface area contributed by atoms with Crippen molar-refractivity contribution >= 4 is 11.8 Å². The van der Waals surface area contributed by atoms with Gasteiger partial charge in [-0.25, -0.2) is 9.97 Å². The second-order valence-electron chi connectivity index (χ2n) is 5.46. The first-order chi connectivity index (χ1) is 10.8. The minimum atomic E-state index is 0.368. The van der Waals surface area contributed by atoms with Crippen molar-refractivity contribution in [2.24, 2.45) is 0 Å². The topological polar surface area (TPSA) is 54.0 Å². The maximum atomic E-state index is 5.39. The number of thioether (sulfide) groups is 1. The van der Waals surface area contributed by atoms with Crippen LogP contribution in [0.3, 0.4) is 0 Å². The van der Waals surface area contributed by atoms with Crippen LogP contribution in [0.25, 0.3) is 0 Å². The van der Waals surface area contributed by atoms with Crippen molar-refractivity contribution in [2.45, 2.75) is 25.4 Å². The molecule has 5 nitrogen and oxygen atoms in total. The maximum absolute atomic E-state index is 5.39. The van der Waals surface area contributed by atoms with Crippen LogP contribution in [0, 0.1) is 0 Å². The van der Waals surface area contributed by atoms with E-state index in [9.17, 15) is 0 Å². The SMILES string of the molecule is COc1ncccc1CN1CCc2[nH]cnc2[C@@H]1CCSC. The molecule has 0 aromatic carbocycles. The van der Waals surface area contributed by atoms with Crippen molar-refractivity contribution in [3.8, 4) is 5.88 Å². The van der Waals surface area contributed by atoms with Gasteiger partial charge in [-0.2, -0.15) is 11.8 Å². The number of aromatic nitrogens is 3. The van der Waals surface area contributed by atoms with Crippen molar-refractivity contribution < 1.29 is 4.74 Å². The predicted molar refractivity (Wildman–Crippen MR) is 89.2 cm³/mol. The van der Waals surface area contributed by atoms with Gasteiger partial charge < -0.3 is 9.72 Å². The predicted octanol–water partition coefficient (Wildman–Crippen LogP) is 2.67. The molecular weight excluding hydrogens is 296 g/mol. The Kier molecular flexibility index (Phi) is 5.00. The van der Waals surface area contributed by atoms with Crippen LogP contribution in [0.15, 0.2) is 24.7 Å². The molecule has 1 aliphatic heterocycles. The van der Waals surface area contributed by atoms with E-state index < -0.39 is 0 Å². The van der Waals surface area contributed by atoms with Gasteiger partial charge in [0.2, 0.25) is 5.88 Å². The normalized spacial score (nSPS) is 18.2. The number of ether oxygens (including phenoxy) is 1. The Bertz CT molecular complexity index is 616. The Labute approximate surface area is 135 Å². The average Bonchev–Trinajstić information content (AvgIpc) is 3.03. The van der Waals surface area contributed by atoms with Crippen molar-refractivity contribution in [3.63, 3.8) is 0 Å². The number of fused-ring (bicyclic) bond motifs is 1. The molecule has 3 rings (SSSR count). The van der Waals surface area contributed by atoms with Crippen molar-refractivity contribution in [2.75, 3.05) is 25.7 Å². The second kappa shape index (κ2) is 7.15. The summed E-state index contributed by atoms with van der Waals surface area (Å²) in [7, 11) is 1.68. The van der Waals surface area contributed by atoms with Gasteiger partial charge in [-0.05, 0) is 24.5 Å². The highest BCUT2D eigenvalue weighted by Crippen LogP contribution is 2.33. The van der Waals surface area contributed by atoms with Crippen LogP contribution in [0.2, 0.25) is 0 Å². The second-order valence-corrected chi connectivity index (χ2v) is 6.44. The number of rotatable bonds is 6. The van der Waals surface area contributed by atoms with Gasteiger partial charge in [0, 0.05) is 37.0 Å². The highest BCUT2D eigenvalue weighted by atomic mass is 32.2. The zero-order valence-electron chi connectivity index (χ0n) is 13.1. The molecule has 0 saturated carbocycles. The summed E-state index contributed by atoms with van der Waals surface area (Å²) in [5.41, 5.74) is 3.64. The number of imidazole rings is 1. The number of nitrogens with zero attached hydrogens (tertiary/aromatic N) is 3. The van der Waals surface area contributed by atoms with Crippen molar-refractivity contribution in [3.05, 3.63) is 41.6 Å². The van der Waals surface area contributed by atoms with E-state index in [0.717, 1.165) is 43.1 Å². The Morgan fingerprint density at radius 3 is 3.18 bits per heavy atom. The van der Waals surface area contributed by atoms with E-state index in [1.54, 1.807) is 13.3 Å². The number of pyridine rings is 1. The van der Waals surface area contributed by atoms with Gasteiger partial charge in [-0.1, -0.05) is 6.07 Å². The lowest BCUT2D eigenvalue weighted by atomic mass is 10.00. The summed E-state index contributed by atoms with van der Waals surface area (Å²) in [6.07, 6.45) is 7.89. The molecule has 6 heteroatoms. The largest absolute Gasteiger partial charge is 0.481 e. The summed E-state index contributed by atoms with van der Waals surface area (Å²) in [5, 5.41) is 0. The Hall–Kier alpha value is -1.53. The molecule has 0 unspecified atom stereocenters. The molecule has 0 amide bonds. The Morgan fingerprint density at radius 1 is 1.45 bits per heavy atom. The summed E-state index contributed by atoms with van der Waals surface area (Å²) in [6.45, 7) is 1.88. The number of hydrogen-bond donors (Lipinski definition) is 1. The molecule has 1 N–H and O–H groups in total. The van der Waals surface area contributed by atoms with Crippen molar-refractivity contribution in [1.29, 1.82) is 0 Å². The summed E-state index contributed by atoms with van der Waals surface area (Å²) in [6, 6.07) is 4.43. The van der Waals surface area contributed by atoms with Crippen LogP contribution < -0.4 is 4.74 Å². The number of hydrogen-bond acceptors (Lipinski definition) is 5. The third-order valence-electron chi connectivity index (χ3n) is 4.17. The smallest absolute Gasteiger partial charge is 0.217 e. The van der Waals surface area contributed by atoms with E-state index in [0.29, 0.717) is 6.04 Å². The molecule has 0 saturated heterocycles. The molecule has 0 aliphatic carbocycles. The molecule has 0 spiro atoms. The minimum absolute atomic E-state index is 0.368. The van der Waals surface area contributed by atoms with E-state index >= 15 is 0 Å². The summed E-state index contributed by atoms with van der Waals surface area (Å²) < 4.78 is 5.39. The summed E-state index contributed by atoms with van der Waals surface area (Å²) in [4.78, 5) is 14.7. The van der Waals surface area contributed by atoms with E-state index in [1.165, 1.54) is 11.4 Å². The molecule has 0 radical (unpaired) electrons. The van der Waals surface area contributed by atoms with Gasteiger partial charge in [0.05, 0.1) is 25.2 Å². The molecular formula is C16H22N4OS. The van der Waals surface area contributed by atoms with E-state index in [1.807, 2.05) is 24.2 Å². The number of H-pyrrole nitrogens is 1. The maximum Gasteiger partial charge on any atom is 0.217 e. The molecule has 1 aliphatic rings. The Balaban J connectivity index is 1.82. The fourth-order valence-electron chi connectivity index (χ4n) is 3.09. The first kappa shape index (κ1) is 15.4. The highest BCUT2D eigenvalue weighted by Gasteiger charge is 2.29. The van der Waals surface area contributed by atoms with E-state index in [4.69, 9.17) is 4.74 Å². The van der Waals surface area contributed by atoms with Crippen LogP contribution >= 0.6 is 11.8 Å². The Morgan fingerprint density at radius 2 is 2.36 bits per heavy atom. The van der Waals surface area contributed by atoms with Crippen LogP contribution in [0.4, 0.5) is 0 Å². The third kappa shape index (κ3) is 3.13. The fourth-order valence-corrected chi connectivity index (χ4v) is 3.55. The average molecular weight is 318 g/mol. The van der Waals surface area contributed by atoms with Gasteiger partial charge in [0.15, 0.2) is 0 Å². The molecule has 1 atom stereocenters. The zero-order chi connectivity index (χ0) is 15.4. The first-order valence-corrected chi connectivity index (χ1v) is 8.96. The van der Waals surface area contributed by atoms with Gasteiger partial charge >= 0.3 is 0 Å². The lowest BCUT2D eigenvalue weighted by molar-refractivity contribution is 0.166. The number of methoxy groups -OCH3 is 1. The number of aromatic amines is 1. The minimum Gasteiger partial charge on any atom is -0.481 e. The molecule has 2 aromatic heterocycles. The molecule has 0 bridgehead atoms.